The fourth-order valence-electron chi connectivity index (χ4n) is 2.27. The zero-order valence-electron chi connectivity index (χ0n) is 11.6. The Kier molecular flexibility index (Phi) is 5.53. The van der Waals surface area contributed by atoms with Crippen LogP contribution < -0.4 is 5.73 Å². The van der Waals surface area contributed by atoms with Crippen LogP contribution in [0.4, 0.5) is 0 Å². The van der Waals surface area contributed by atoms with E-state index in [9.17, 15) is 4.79 Å². The average molecular weight is 272 g/mol. The van der Waals surface area contributed by atoms with Gasteiger partial charge in [0.2, 0.25) is 5.91 Å². The van der Waals surface area contributed by atoms with E-state index in [4.69, 9.17) is 22.7 Å². The van der Waals surface area contributed by atoms with Gasteiger partial charge in [-0.05, 0) is 33.1 Å². The number of carbonyl (C=O) groups excluding carboxylic acids is 1. The number of thiocarbonyl (C=S) groups is 1. The topological polar surface area (TPSA) is 55.6 Å². The Labute approximate surface area is 115 Å². The third-order valence-corrected chi connectivity index (χ3v) is 4.24. The van der Waals surface area contributed by atoms with Crippen molar-refractivity contribution in [1.82, 2.24) is 4.90 Å². The molecule has 0 aromatic carbocycles. The van der Waals surface area contributed by atoms with Gasteiger partial charge in [0.25, 0.3) is 0 Å². The first-order valence-electron chi connectivity index (χ1n) is 6.66. The van der Waals surface area contributed by atoms with Crippen LogP contribution in [0.15, 0.2) is 0 Å². The highest BCUT2D eigenvalue weighted by Crippen LogP contribution is 2.27. The van der Waals surface area contributed by atoms with Crippen molar-refractivity contribution in [2.24, 2.45) is 11.1 Å². The molecule has 1 rings (SSSR count). The quantitative estimate of drug-likeness (QED) is 0.774. The first-order chi connectivity index (χ1) is 8.45. The summed E-state index contributed by atoms with van der Waals surface area (Å²) in [4.78, 5) is 14.7. The molecular weight excluding hydrogens is 248 g/mol. The predicted octanol–water partition coefficient (Wildman–Crippen LogP) is 1.72. The lowest BCUT2D eigenvalue weighted by Crippen LogP contribution is -2.52. The van der Waals surface area contributed by atoms with Gasteiger partial charge in [0, 0.05) is 19.7 Å². The third kappa shape index (κ3) is 3.20. The predicted molar refractivity (Wildman–Crippen MR) is 76.4 cm³/mol. The smallest absolute Gasteiger partial charge is 0.235 e. The second-order valence-corrected chi connectivity index (χ2v) is 5.46. The monoisotopic (exact) mass is 272 g/mol. The Morgan fingerprint density at radius 2 is 2.22 bits per heavy atom. The summed E-state index contributed by atoms with van der Waals surface area (Å²) in [5.74, 6) is 0.0434. The SMILES string of the molecule is CCOC1CCCN(C(=O)C(C)(CC)C(N)=S)C1. The minimum absolute atomic E-state index is 0.0434. The molecule has 4 nitrogen and oxygen atoms in total. The van der Waals surface area contributed by atoms with Crippen LogP contribution in [0, 0.1) is 5.41 Å². The third-order valence-electron chi connectivity index (χ3n) is 3.79. The number of likely N-dealkylation sites (tertiary alicyclic amines) is 1. The molecule has 0 aromatic rings. The Bertz CT molecular complexity index is 320. The molecule has 2 atom stereocenters. The molecule has 104 valence electrons. The van der Waals surface area contributed by atoms with Crippen molar-refractivity contribution in [3.8, 4) is 0 Å². The van der Waals surface area contributed by atoms with Gasteiger partial charge < -0.3 is 15.4 Å². The number of carbonyl (C=O) groups is 1. The van der Waals surface area contributed by atoms with E-state index < -0.39 is 5.41 Å². The van der Waals surface area contributed by atoms with Gasteiger partial charge in [0.05, 0.1) is 16.5 Å². The maximum atomic E-state index is 12.5. The van der Waals surface area contributed by atoms with Gasteiger partial charge in [-0.3, -0.25) is 4.79 Å². The normalized spacial score (nSPS) is 23.5. The summed E-state index contributed by atoms with van der Waals surface area (Å²) in [5, 5.41) is 0. The van der Waals surface area contributed by atoms with Gasteiger partial charge in [-0.1, -0.05) is 19.1 Å². The second kappa shape index (κ2) is 6.48. The van der Waals surface area contributed by atoms with Gasteiger partial charge in [0.15, 0.2) is 0 Å². The first-order valence-corrected chi connectivity index (χ1v) is 7.07. The van der Waals surface area contributed by atoms with Gasteiger partial charge in [0.1, 0.15) is 0 Å². The number of piperidine rings is 1. The highest BCUT2D eigenvalue weighted by atomic mass is 32.1. The van der Waals surface area contributed by atoms with E-state index in [0.717, 1.165) is 19.4 Å². The number of hydrogen-bond acceptors (Lipinski definition) is 3. The van der Waals surface area contributed by atoms with E-state index in [1.165, 1.54) is 0 Å². The lowest BCUT2D eigenvalue weighted by atomic mass is 9.85. The van der Waals surface area contributed by atoms with Crippen molar-refractivity contribution in [1.29, 1.82) is 0 Å². The molecule has 0 spiro atoms. The molecule has 1 fully saturated rings. The summed E-state index contributed by atoms with van der Waals surface area (Å²) < 4.78 is 5.61. The van der Waals surface area contributed by atoms with Crippen molar-refractivity contribution in [3.63, 3.8) is 0 Å². The molecule has 1 heterocycles. The van der Waals surface area contributed by atoms with Gasteiger partial charge in [-0.2, -0.15) is 0 Å². The lowest BCUT2D eigenvalue weighted by Gasteiger charge is -2.38. The molecule has 5 heteroatoms. The summed E-state index contributed by atoms with van der Waals surface area (Å²) in [6.45, 7) is 7.88. The van der Waals surface area contributed by atoms with E-state index in [2.05, 4.69) is 0 Å². The number of nitrogens with zero attached hydrogens (tertiary/aromatic N) is 1. The summed E-state index contributed by atoms with van der Waals surface area (Å²) >= 11 is 5.05. The van der Waals surface area contributed by atoms with E-state index in [0.29, 0.717) is 19.6 Å². The first kappa shape index (κ1) is 15.4. The molecule has 0 aromatic heterocycles. The number of hydrogen-bond donors (Lipinski definition) is 1. The van der Waals surface area contributed by atoms with Crippen molar-refractivity contribution in [2.45, 2.75) is 46.1 Å². The van der Waals surface area contributed by atoms with E-state index >= 15 is 0 Å². The summed E-state index contributed by atoms with van der Waals surface area (Å²) in [6.07, 6.45) is 2.79. The highest BCUT2D eigenvalue weighted by Gasteiger charge is 2.39. The van der Waals surface area contributed by atoms with Crippen LogP contribution in [0.2, 0.25) is 0 Å². The van der Waals surface area contributed by atoms with Crippen LogP contribution in [0.5, 0.6) is 0 Å². The molecule has 1 amide bonds. The van der Waals surface area contributed by atoms with Crippen molar-refractivity contribution >= 4 is 23.1 Å². The highest BCUT2D eigenvalue weighted by molar-refractivity contribution is 7.80. The molecule has 1 aliphatic heterocycles. The van der Waals surface area contributed by atoms with E-state index in [-0.39, 0.29) is 17.0 Å². The van der Waals surface area contributed by atoms with Crippen molar-refractivity contribution in [3.05, 3.63) is 0 Å². The molecule has 0 radical (unpaired) electrons. The standard InChI is InChI=1S/C13H24N2O2S/c1-4-13(3,11(14)18)12(16)15-8-6-7-10(9-15)17-5-2/h10H,4-9H2,1-3H3,(H2,14,18). The van der Waals surface area contributed by atoms with Gasteiger partial charge >= 0.3 is 0 Å². The Hall–Kier alpha value is -0.680. The minimum Gasteiger partial charge on any atom is -0.392 e. The summed E-state index contributed by atoms with van der Waals surface area (Å²) in [5.41, 5.74) is 5.02. The molecular formula is C13H24N2O2S. The molecule has 1 aliphatic rings. The van der Waals surface area contributed by atoms with Crippen LogP contribution in [-0.2, 0) is 9.53 Å². The van der Waals surface area contributed by atoms with Crippen molar-refractivity contribution in [2.75, 3.05) is 19.7 Å². The average Bonchev–Trinajstić information content (AvgIpc) is 2.37. The van der Waals surface area contributed by atoms with Crippen LogP contribution >= 0.6 is 12.2 Å². The second-order valence-electron chi connectivity index (χ2n) is 5.02. The number of nitrogens with two attached hydrogens (primary N) is 1. The largest absolute Gasteiger partial charge is 0.392 e. The zero-order chi connectivity index (χ0) is 13.8. The molecule has 2 unspecified atom stereocenters. The zero-order valence-corrected chi connectivity index (χ0v) is 12.4. The number of ether oxygens (including phenoxy) is 1. The van der Waals surface area contributed by atoms with Gasteiger partial charge in [-0.15, -0.1) is 0 Å². The molecule has 18 heavy (non-hydrogen) atoms. The van der Waals surface area contributed by atoms with E-state index in [1.807, 2.05) is 25.7 Å². The fraction of sp³-hybridized carbons (Fsp3) is 0.846. The Balaban J connectivity index is 2.74. The Morgan fingerprint density at radius 3 is 2.72 bits per heavy atom. The number of rotatable bonds is 5. The van der Waals surface area contributed by atoms with Crippen LogP contribution in [-0.4, -0.2) is 41.6 Å². The molecule has 1 saturated heterocycles. The van der Waals surface area contributed by atoms with Crippen molar-refractivity contribution < 1.29 is 9.53 Å². The molecule has 0 bridgehead atoms. The van der Waals surface area contributed by atoms with E-state index in [1.54, 1.807) is 0 Å². The van der Waals surface area contributed by atoms with Crippen LogP contribution in [0.25, 0.3) is 0 Å². The molecule has 0 saturated carbocycles. The minimum atomic E-state index is -0.719. The fourth-order valence-corrected chi connectivity index (χ4v) is 2.51. The molecule has 2 N–H and O–H groups in total. The summed E-state index contributed by atoms with van der Waals surface area (Å²) in [6, 6.07) is 0. The lowest BCUT2D eigenvalue weighted by molar-refractivity contribution is -0.141. The van der Waals surface area contributed by atoms with Gasteiger partial charge in [-0.25, -0.2) is 0 Å². The molecule has 0 aliphatic carbocycles. The number of amides is 1. The maximum absolute atomic E-state index is 12.5. The summed E-state index contributed by atoms with van der Waals surface area (Å²) in [7, 11) is 0. The van der Waals surface area contributed by atoms with Crippen LogP contribution in [0.3, 0.4) is 0 Å². The van der Waals surface area contributed by atoms with Crippen LogP contribution in [0.1, 0.15) is 40.0 Å². The Morgan fingerprint density at radius 1 is 1.56 bits per heavy atom. The maximum Gasteiger partial charge on any atom is 0.235 e.